The van der Waals surface area contributed by atoms with Crippen LogP contribution < -0.4 is 11.0 Å². The van der Waals surface area contributed by atoms with Crippen LogP contribution in [0.5, 0.6) is 5.75 Å². The third kappa shape index (κ3) is 5.16. The predicted molar refractivity (Wildman–Crippen MR) is 117 cm³/mol. The van der Waals surface area contributed by atoms with Gasteiger partial charge in [0, 0.05) is 17.7 Å². The smallest absolute Gasteiger partial charge is 0.402 e. The number of hydrogen-bond donors (Lipinski definition) is 3. The van der Waals surface area contributed by atoms with Crippen LogP contribution in [0.25, 0.3) is 22.8 Å². The van der Waals surface area contributed by atoms with E-state index in [-0.39, 0.29) is 29.0 Å². The van der Waals surface area contributed by atoms with Gasteiger partial charge in [-0.2, -0.15) is 18.2 Å². The summed E-state index contributed by atoms with van der Waals surface area (Å²) < 4.78 is 39.2. The molecule has 0 saturated carbocycles. The number of phenolic OH excluding ortho intramolecular Hbond substituents is 1. The van der Waals surface area contributed by atoms with E-state index in [9.17, 15) is 27.9 Å². The topological polar surface area (TPSA) is 108 Å². The maximum Gasteiger partial charge on any atom is 0.402 e. The molecule has 1 heterocycles. The quantitative estimate of drug-likeness (QED) is 0.502. The number of nitrogens with zero attached hydrogens (tertiary/aromatic N) is 2. The summed E-state index contributed by atoms with van der Waals surface area (Å²) in [6.07, 6.45) is -4.70. The summed E-state index contributed by atoms with van der Waals surface area (Å²) in [4.78, 5) is 34.9. The molecular formula is C22H20ClF3N4O3. The van der Waals surface area contributed by atoms with Crippen molar-refractivity contribution in [3.63, 3.8) is 0 Å². The van der Waals surface area contributed by atoms with Crippen molar-refractivity contribution in [2.24, 2.45) is 5.41 Å². The Hall–Kier alpha value is -3.40. The first kappa shape index (κ1) is 24.2. The molecule has 3 aromatic rings. The number of rotatable bonds is 5. The van der Waals surface area contributed by atoms with Crippen molar-refractivity contribution in [3.8, 4) is 28.5 Å². The molecule has 7 nitrogen and oxygen atoms in total. The number of phenols is 1. The van der Waals surface area contributed by atoms with Crippen LogP contribution in [0.4, 0.5) is 13.2 Å². The zero-order valence-corrected chi connectivity index (χ0v) is 18.6. The Balaban J connectivity index is 1.92. The first-order valence-electron chi connectivity index (χ1n) is 9.72. The van der Waals surface area contributed by atoms with E-state index < -0.39 is 23.2 Å². The Bertz CT molecular complexity index is 1270. The maximum absolute atomic E-state index is 13.1. The first-order valence-corrected chi connectivity index (χ1v) is 10.1. The lowest BCUT2D eigenvalue weighted by Crippen LogP contribution is -2.46. The van der Waals surface area contributed by atoms with E-state index >= 15 is 0 Å². The molecule has 0 fully saturated rings. The summed E-state index contributed by atoms with van der Waals surface area (Å²) in [6.45, 7) is 3.09. The van der Waals surface area contributed by atoms with Crippen LogP contribution in [-0.2, 0) is 11.3 Å². The number of nitrogens with one attached hydrogen (secondary N) is 2. The van der Waals surface area contributed by atoms with Gasteiger partial charge in [-0.3, -0.25) is 9.78 Å². The highest BCUT2D eigenvalue weighted by molar-refractivity contribution is 6.33. The highest BCUT2D eigenvalue weighted by atomic mass is 35.5. The van der Waals surface area contributed by atoms with Crippen molar-refractivity contribution < 1.29 is 23.1 Å². The zero-order chi connectivity index (χ0) is 24.6. The molecule has 174 valence electrons. The van der Waals surface area contributed by atoms with Gasteiger partial charge in [0.05, 0.1) is 5.02 Å². The maximum atomic E-state index is 13.1. The molecule has 2 aromatic carbocycles. The van der Waals surface area contributed by atoms with Crippen LogP contribution in [0.15, 0.2) is 41.2 Å². The van der Waals surface area contributed by atoms with Crippen molar-refractivity contribution in [2.45, 2.75) is 33.5 Å². The molecule has 33 heavy (non-hydrogen) atoms. The fourth-order valence-corrected chi connectivity index (χ4v) is 3.04. The van der Waals surface area contributed by atoms with Gasteiger partial charge in [-0.15, -0.1) is 0 Å². The van der Waals surface area contributed by atoms with E-state index in [0.717, 1.165) is 13.8 Å². The van der Waals surface area contributed by atoms with Crippen LogP contribution in [0, 0.1) is 12.3 Å². The summed E-state index contributed by atoms with van der Waals surface area (Å²) >= 11 is 6.27. The first-order chi connectivity index (χ1) is 15.3. The van der Waals surface area contributed by atoms with Crippen LogP contribution in [0.1, 0.15) is 25.0 Å². The lowest BCUT2D eigenvalue weighted by atomic mass is 9.91. The number of amides is 1. The summed E-state index contributed by atoms with van der Waals surface area (Å²) in [7, 11) is 0. The van der Waals surface area contributed by atoms with Crippen molar-refractivity contribution in [1.82, 2.24) is 20.3 Å². The van der Waals surface area contributed by atoms with Gasteiger partial charge in [0.2, 0.25) is 5.91 Å². The molecule has 0 bridgehead atoms. The second-order valence-electron chi connectivity index (χ2n) is 7.95. The SMILES string of the molecule is Cc1cc(-c2nc(-c3cc(CNC(=O)C(C)(C)C(F)(F)F)ccc3Cl)[nH]c(=O)n2)ccc1O. The average Bonchev–Trinajstić information content (AvgIpc) is 2.73. The van der Waals surface area contributed by atoms with Crippen LogP contribution in [0.3, 0.4) is 0 Å². The number of alkyl halides is 3. The summed E-state index contributed by atoms with van der Waals surface area (Å²) in [5.41, 5.74) is -1.45. The number of carbonyl (C=O) groups excluding carboxylic acids is 1. The van der Waals surface area contributed by atoms with E-state index in [1.54, 1.807) is 19.1 Å². The van der Waals surface area contributed by atoms with Crippen LogP contribution in [-0.4, -0.2) is 32.1 Å². The van der Waals surface area contributed by atoms with Gasteiger partial charge >= 0.3 is 11.9 Å². The number of hydrogen-bond acceptors (Lipinski definition) is 5. The highest BCUT2D eigenvalue weighted by Crippen LogP contribution is 2.37. The Labute approximate surface area is 191 Å². The van der Waals surface area contributed by atoms with E-state index in [2.05, 4.69) is 20.3 Å². The molecular weight excluding hydrogens is 461 g/mol. The molecule has 0 aliphatic carbocycles. The molecule has 0 unspecified atom stereocenters. The molecule has 11 heteroatoms. The Morgan fingerprint density at radius 1 is 1.15 bits per heavy atom. The average molecular weight is 481 g/mol. The van der Waals surface area contributed by atoms with Crippen molar-refractivity contribution >= 4 is 17.5 Å². The molecule has 1 aromatic heterocycles. The fraction of sp³-hybridized carbons (Fsp3) is 0.273. The molecule has 0 atom stereocenters. The number of benzene rings is 2. The number of carbonyl (C=O) groups is 1. The fourth-order valence-electron chi connectivity index (χ4n) is 2.83. The predicted octanol–water partition coefficient (Wildman–Crippen LogP) is 4.37. The van der Waals surface area contributed by atoms with Gasteiger partial charge in [0.25, 0.3) is 0 Å². The number of H-pyrrole nitrogens is 1. The van der Waals surface area contributed by atoms with Gasteiger partial charge in [0.15, 0.2) is 5.82 Å². The van der Waals surface area contributed by atoms with E-state index in [4.69, 9.17) is 11.6 Å². The number of aromatic nitrogens is 3. The van der Waals surface area contributed by atoms with Gasteiger partial charge in [-0.25, -0.2) is 9.78 Å². The monoisotopic (exact) mass is 480 g/mol. The van der Waals surface area contributed by atoms with Crippen LogP contribution in [0.2, 0.25) is 5.02 Å². The van der Waals surface area contributed by atoms with Crippen molar-refractivity contribution in [3.05, 3.63) is 63.0 Å². The second-order valence-corrected chi connectivity index (χ2v) is 8.35. The number of aromatic hydroxyl groups is 1. The molecule has 0 spiro atoms. The molecule has 0 aliphatic heterocycles. The molecule has 0 radical (unpaired) electrons. The number of aryl methyl sites for hydroxylation is 1. The Kier molecular flexibility index (Phi) is 6.51. The Morgan fingerprint density at radius 2 is 1.85 bits per heavy atom. The molecule has 3 rings (SSSR count). The van der Waals surface area contributed by atoms with Gasteiger partial charge in [-0.05, 0) is 62.2 Å². The number of aromatic amines is 1. The van der Waals surface area contributed by atoms with Gasteiger partial charge in [-0.1, -0.05) is 17.7 Å². The summed E-state index contributed by atoms with van der Waals surface area (Å²) in [6, 6.07) is 9.15. The normalized spacial score (nSPS) is 12.0. The Morgan fingerprint density at radius 3 is 2.48 bits per heavy atom. The third-order valence-corrected chi connectivity index (χ3v) is 5.45. The molecule has 0 saturated heterocycles. The highest BCUT2D eigenvalue weighted by Gasteiger charge is 2.52. The molecule has 1 amide bonds. The van der Waals surface area contributed by atoms with Crippen LogP contribution >= 0.6 is 11.6 Å². The standard InChI is InChI=1S/C22H20ClF3N4O3/c1-11-8-13(5-7-16(11)31)17-28-18(30-20(33)29-17)14-9-12(4-6-15(14)23)10-27-19(32)21(2,3)22(24,25)26/h4-9,31H,10H2,1-3H3,(H,27,32)(H,28,29,30,33). The minimum Gasteiger partial charge on any atom is -0.508 e. The second kappa shape index (κ2) is 8.86. The van der Waals surface area contributed by atoms with E-state index in [0.29, 0.717) is 22.3 Å². The summed E-state index contributed by atoms with van der Waals surface area (Å²) in [5.74, 6) is -0.912. The van der Waals surface area contributed by atoms with Gasteiger partial charge < -0.3 is 10.4 Å². The number of halogens is 4. The molecule has 3 N–H and O–H groups in total. The van der Waals surface area contributed by atoms with Crippen molar-refractivity contribution in [2.75, 3.05) is 0 Å². The minimum atomic E-state index is -4.70. The lowest BCUT2D eigenvalue weighted by Gasteiger charge is -2.26. The van der Waals surface area contributed by atoms with Crippen molar-refractivity contribution in [1.29, 1.82) is 0 Å². The lowest BCUT2D eigenvalue weighted by molar-refractivity contribution is -0.211. The third-order valence-electron chi connectivity index (χ3n) is 5.12. The largest absolute Gasteiger partial charge is 0.508 e. The van der Waals surface area contributed by atoms with E-state index in [1.807, 2.05) is 0 Å². The van der Waals surface area contributed by atoms with E-state index in [1.165, 1.54) is 24.3 Å². The van der Waals surface area contributed by atoms with Gasteiger partial charge in [0.1, 0.15) is 17.0 Å². The minimum absolute atomic E-state index is 0.0790. The summed E-state index contributed by atoms with van der Waals surface area (Å²) in [5, 5.41) is 12.2. The zero-order valence-electron chi connectivity index (χ0n) is 17.8. The molecule has 0 aliphatic rings.